The molecular formula is C19H16ClN3O3. The molecule has 0 saturated carbocycles. The Bertz CT molecular complexity index is 920. The van der Waals surface area contributed by atoms with Crippen LogP contribution in [0, 0.1) is 0 Å². The maximum atomic E-state index is 11.9. The molecule has 132 valence electrons. The average Bonchev–Trinajstić information content (AvgIpc) is 3.15. The molecular weight excluding hydrogens is 354 g/mol. The molecule has 2 aromatic carbocycles. The molecule has 1 aromatic heterocycles. The first-order chi connectivity index (χ1) is 12.6. The molecule has 0 fully saturated rings. The lowest BCUT2D eigenvalue weighted by Gasteiger charge is -2.00. The number of nitrogens with one attached hydrogen (secondary N) is 1. The largest absolute Gasteiger partial charge is 0.497 e. The van der Waals surface area contributed by atoms with Crippen molar-refractivity contribution in [2.75, 3.05) is 7.11 Å². The van der Waals surface area contributed by atoms with E-state index < -0.39 is 0 Å². The second kappa shape index (κ2) is 8.31. The highest BCUT2D eigenvalue weighted by atomic mass is 35.5. The Hall–Kier alpha value is -3.12. The van der Waals surface area contributed by atoms with Crippen molar-refractivity contribution < 1.29 is 14.1 Å². The molecule has 0 spiro atoms. The number of ether oxygens (including phenoxy) is 1. The van der Waals surface area contributed by atoms with Gasteiger partial charge < -0.3 is 14.6 Å². The van der Waals surface area contributed by atoms with E-state index in [0.29, 0.717) is 22.5 Å². The third kappa shape index (κ3) is 4.70. The van der Waals surface area contributed by atoms with Crippen LogP contribution in [0.2, 0.25) is 5.02 Å². The monoisotopic (exact) mass is 369 g/mol. The normalized spacial score (nSPS) is 10.8. The smallest absolute Gasteiger partial charge is 0.246 e. The summed E-state index contributed by atoms with van der Waals surface area (Å²) in [6.45, 7) is 0.140. The van der Waals surface area contributed by atoms with Gasteiger partial charge in [0.2, 0.25) is 17.6 Å². The summed E-state index contributed by atoms with van der Waals surface area (Å²) >= 11 is 5.82. The molecule has 0 aliphatic rings. The quantitative estimate of drug-likeness (QED) is 0.670. The van der Waals surface area contributed by atoms with Gasteiger partial charge >= 0.3 is 0 Å². The van der Waals surface area contributed by atoms with Gasteiger partial charge in [-0.2, -0.15) is 4.98 Å². The molecule has 0 bridgehead atoms. The summed E-state index contributed by atoms with van der Waals surface area (Å²) in [6, 6.07) is 14.5. The maximum Gasteiger partial charge on any atom is 0.246 e. The van der Waals surface area contributed by atoms with Crippen molar-refractivity contribution in [2.24, 2.45) is 0 Å². The molecule has 0 unspecified atom stereocenters. The standard InChI is InChI=1S/C19H16ClN3O3/c1-25-16-4-2-3-14(11-16)19-22-18(26-23-19)12-21-17(24)10-7-13-5-8-15(20)9-6-13/h2-11H,12H2,1H3,(H,21,24)/b10-7+. The van der Waals surface area contributed by atoms with Crippen LogP contribution < -0.4 is 10.1 Å². The van der Waals surface area contributed by atoms with Crippen LogP contribution in [0.15, 0.2) is 59.1 Å². The number of rotatable bonds is 6. The molecule has 1 N–H and O–H groups in total. The van der Waals surface area contributed by atoms with Crippen LogP contribution in [0.1, 0.15) is 11.5 Å². The Balaban J connectivity index is 1.57. The zero-order valence-electron chi connectivity index (χ0n) is 14.0. The molecule has 0 aliphatic carbocycles. The third-order valence-electron chi connectivity index (χ3n) is 3.51. The molecule has 1 heterocycles. The summed E-state index contributed by atoms with van der Waals surface area (Å²) in [4.78, 5) is 16.2. The predicted octanol–water partition coefficient (Wildman–Crippen LogP) is 3.73. The SMILES string of the molecule is COc1cccc(-c2noc(CNC(=O)/C=C/c3ccc(Cl)cc3)n2)c1. The highest BCUT2D eigenvalue weighted by Crippen LogP contribution is 2.21. The summed E-state index contributed by atoms with van der Waals surface area (Å²) in [7, 11) is 1.59. The lowest BCUT2D eigenvalue weighted by atomic mass is 10.2. The Kier molecular flexibility index (Phi) is 5.66. The van der Waals surface area contributed by atoms with Crippen LogP contribution in [0.25, 0.3) is 17.5 Å². The Morgan fingerprint density at radius 1 is 1.27 bits per heavy atom. The number of benzene rings is 2. The van der Waals surface area contributed by atoms with Crippen molar-refractivity contribution in [1.82, 2.24) is 15.5 Å². The molecule has 0 radical (unpaired) electrons. The van der Waals surface area contributed by atoms with Crippen LogP contribution >= 0.6 is 11.6 Å². The topological polar surface area (TPSA) is 77.3 Å². The number of nitrogens with zero attached hydrogens (tertiary/aromatic N) is 2. The van der Waals surface area contributed by atoms with Gasteiger partial charge in [0.25, 0.3) is 0 Å². The van der Waals surface area contributed by atoms with Gasteiger partial charge in [0.05, 0.1) is 13.7 Å². The van der Waals surface area contributed by atoms with E-state index >= 15 is 0 Å². The van der Waals surface area contributed by atoms with Gasteiger partial charge in [-0.15, -0.1) is 0 Å². The number of carbonyl (C=O) groups excluding carboxylic acids is 1. The Labute approximate surface area is 155 Å². The van der Waals surface area contributed by atoms with Crippen molar-refractivity contribution in [1.29, 1.82) is 0 Å². The molecule has 7 heteroatoms. The van der Waals surface area contributed by atoms with Crippen LogP contribution in [-0.2, 0) is 11.3 Å². The number of aromatic nitrogens is 2. The van der Waals surface area contributed by atoms with Gasteiger partial charge in [-0.1, -0.05) is 41.0 Å². The number of hydrogen-bond donors (Lipinski definition) is 1. The highest BCUT2D eigenvalue weighted by Gasteiger charge is 2.09. The summed E-state index contributed by atoms with van der Waals surface area (Å²) in [5.41, 5.74) is 1.65. The van der Waals surface area contributed by atoms with Crippen LogP contribution in [0.3, 0.4) is 0 Å². The fourth-order valence-electron chi connectivity index (χ4n) is 2.17. The Morgan fingerprint density at radius 2 is 2.08 bits per heavy atom. The van der Waals surface area contributed by atoms with Crippen molar-refractivity contribution in [3.8, 4) is 17.1 Å². The maximum absolute atomic E-state index is 11.9. The van der Waals surface area contributed by atoms with E-state index in [4.69, 9.17) is 20.9 Å². The first-order valence-electron chi connectivity index (χ1n) is 7.82. The van der Waals surface area contributed by atoms with Crippen LogP contribution in [-0.4, -0.2) is 23.2 Å². The van der Waals surface area contributed by atoms with Crippen molar-refractivity contribution in [2.45, 2.75) is 6.54 Å². The first kappa shape index (κ1) is 17.7. The zero-order valence-corrected chi connectivity index (χ0v) is 14.7. The summed E-state index contributed by atoms with van der Waals surface area (Å²) < 4.78 is 10.3. The summed E-state index contributed by atoms with van der Waals surface area (Å²) in [6.07, 6.45) is 3.13. The predicted molar refractivity (Wildman–Crippen MR) is 98.6 cm³/mol. The van der Waals surface area contributed by atoms with Gasteiger partial charge in [-0.05, 0) is 35.9 Å². The van der Waals surface area contributed by atoms with Gasteiger partial charge in [0.15, 0.2) is 0 Å². The van der Waals surface area contributed by atoms with E-state index in [1.807, 2.05) is 36.4 Å². The number of amides is 1. The minimum Gasteiger partial charge on any atom is -0.497 e. The second-order valence-corrected chi connectivity index (χ2v) is 5.78. The van der Waals surface area contributed by atoms with Crippen LogP contribution in [0.4, 0.5) is 0 Å². The van der Waals surface area contributed by atoms with Crippen molar-refractivity contribution in [3.05, 3.63) is 71.1 Å². The van der Waals surface area contributed by atoms with Gasteiger partial charge in [0, 0.05) is 16.7 Å². The number of halogens is 1. The van der Waals surface area contributed by atoms with E-state index in [1.165, 1.54) is 6.08 Å². The number of hydrogen-bond acceptors (Lipinski definition) is 5. The lowest BCUT2D eigenvalue weighted by Crippen LogP contribution is -2.20. The molecule has 3 rings (SSSR count). The molecule has 6 nitrogen and oxygen atoms in total. The molecule has 3 aromatic rings. The zero-order chi connectivity index (χ0) is 18.4. The number of carbonyl (C=O) groups is 1. The van der Waals surface area contributed by atoms with E-state index in [2.05, 4.69) is 15.5 Å². The number of methoxy groups -OCH3 is 1. The van der Waals surface area contributed by atoms with Crippen LogP contribution in [0.5, 0.6) is 5.75 Å². The van der Waals surface area contributed by atoms with Crippen molar-refractivity contribution in [3.63, 3.8) is 0 Å². The van der Waals surface area contributed by atoms with Gasteiger partial charge in [-0.3, -0.25) is 4.79 Å². The van der Waals surface area contributed by atoms with Gasteiger partial charge in [-0.25, -0.2) is 0 Å². The molecule has 26 heavy (non-hydrogen) atoms. The molecule has 1 amide bonds. The second-order valence-electron chi connectivity index (χ2n) is 5.35. The fourth-order valence-corrected chi connectivity index (χ4v) is 2.30. The van der Waals surface area contributed by atoms with Gasteiger partial charge in [0.1, 0.15) is 5.75 Å². The highest BCUT2D eigenvalue weighted by molar-refractivity contribution is 6.30. The molecule has 0 saturated heterocycles. The van der Waals surface area contributed by atoms with E-state index in [9.17, 15) is 4.79 Å². The molecule has 0 atom stereocenters. The summed E-state index contributed by atoms with van der Waals surface area (Å²) in [5.74, 6) is 1.19. The van der Waals surface area contributed by atoms with Crippen molar-refractivity contribution >= 4 is 23.6 Å². The third-order valence-corrected chi connectivity index (χ3v) is 3.76. The average molecular weight is 370 g/mol. The van der Waals surface area contributed by atoms with E-state index in [0.717, 1.165) is 11.1 Å². The summed E-state index contributed by atoms with van der Waals surface area (Å²) in [5, 5.41) is 7.26. The lowest BCUT2D eigenvalue weighted by molar-refractivity contribution is -0.116. The van der Waals surface area contributed by atoms with E-state index in [1.54, 1.807) is 25.3 Å². The molecule has 0 aliphatic heterocycles. The Morgan fingerprint density at radius 3 is 2.85 bits per heavy atom. The van der Waals surface area contributed by atoms with E-state index in [-0.39, 0.29) is 12.5 Å². The minimum atomic E-state index is -0.263. The first-order valence-corrected chi connectivity index (χ1v) is 8.20. The minimum absolute atomic E-state index is 0.140. The fraction of sp³-hybridized carbons (Fsp3) is 0.105.